The van der Waals surface area contributed by atoms with Gasteiger partial charge in [-0.25, -0.2) is 0 Å². The molecule has 0 atom stereocenters. The molecule has 1 fully saturated rings. The monoisotopic (exact) mass is 353 g/mol. The first-order chi connectivity index (χ1) is 12.5. The lowest BCUT2D eigenvalue weighted by atomic mass is 9.90. The Kier molecular flexibility index (Phi) is 5.55. The van der Waals surface area contributed by atoms with E-state index in [4.69, 9.17) is 0 Å². The van der Waals surface area contributed by atoms with Crippen molar-refractivity contribution in [3.05, 3.63) is 36.5 Å². The molecule has 1 aliphatic rings. The van der Waals surface area contributed by atoms with E-state index in [-0.39, 0.29) is 17.9 Å². The summed E-state index contributed by atoms with van der Waals surface area (Å²) in [7, 11) is 0. The third-order valence-corrected chi connectivity index (χ3v) is 5.21. The van der Waals surface area contributed by atoms with Gasteiger partial charge in [0.1, 0.15) is 5.41 Å². The second-order valence-electron chi connectivity index (χ2n) is 7.62. The van der Waals surface area contributed by atoms with Crippen molar-refractivity contribution in [3.63, 3.8) is 0 Å². The lowest BCUT2D eigenvalue weighted by molar-refractivity contribution is -0.138. The predicted molar refractivity (Wildman–Crippen MR) is 104 cm³/mol. The van der Waals surface area contributed by atoms with Crippen molar-refractivity contribution in [2.75, 3.05) is 5.32 Å². The lowest BCUT2D eigenvalue weighted by Gasteiger charge is -2.26. The number of anilines is 1. The minimum Gasteiger partial charge on any atom is -0.352 e. The van der Waals surface area contributed by atoms with Crippen LogP contribution in [0.4, 0.5) is 5.69 Å². The zero-order valence-corrected chi connectivity index (χ0v) is 15.5. The van der Waals surface area contributed by atoms with Gasteiger partial charge in [0.05, 0.1) is 11.2 Å². The van der Waals surface area contributed by atoms with Gasteiger partial charge < -0.3 is 10.6 Å². The number of aromatic nitrogens is 1. The van der Waals surface area contributed by atoms with Crippen LogP contribution in [-0.2, 0) is 9.59 Å². The van der Waals surface area contributed by atoms with Crippen LogP contribution < -0.4 is 10.6 Å². The van der Waals surface area contributed by atoms with Crippen molar-refractivity contribution in [2.45, 2.75) is 58.4 Å². The van der Waals surface area contributed by atoms with Crippen LogP contribution >= 0.6 is 0 Å². The summed E-state index contributed by atoms with van der Waals surface area (Å²) in [6.45, 7) is 3.35. The molecule has 5 heteroatoms. The van der Waals surface area contributed by atoms with Gasteiger partial charge in [0.2, 0.25) is 11.8 Å². The van der Waals surface area contributed by atoms with E-state index >= 15 is 0 Å². The highest BCUT2D eigenvalue weighted by atomic mass is 16.2. The molecule has 0 radical (unpaired) electrons. The van der Waals surface area contributed by atoms with Crippen LogP contribution in [0.25, 0.3) is 10.9 Å². The molecule has 1 saturated carbocycles. The Balaban J connectivity index is 1.71. The van der Waals surface area contributed by atoms with Gasteiger partial charge in [-0.1, -0.05) is 43.9 Å². The van der Waals surface area contributed by atoms with E-state index in [9.17, 15) is 9.59 Å². The highest BCUT2D eigenvalue weighted by Gasteiger charge is 2.37. The molecule has 0 aliphatic heterocycles. The van der Waals surface area contributed by atoms with Crippen LogP contribution in [0.5, 0.6) is 0 Å². The molecule has 1 aliphatic carbocycles. The molecule has 0 saturated heterocycles. The summed E-state index contributed by atoms with van der Waals surface area (Å²) < 4.78 is 0. The summed E-state index contributed by atoms with van der Waals surface area (Å²) in [5, 5.41) is 6.93. The highest BCUT2D eigenvalue weighted by Crippen LogP contribution is 2.25. The van der Waals surface area contributed by atoms with Gasteiger partial charge in [-0.3, -0.25) is 14.6 Å². The summed E-state index contributed by atoms with van der Waals surface area (Å²) in [5.74, 6) is -0.531. The zero-order chi connectivity index (χ0) is 18.6. The summed E-state index contributed by atoms with van der Waals surface area (Å²) in [6.07, 6.45) is 8.42. The number of hydrogen-bond acceptors (Lipinski definition) is 3. The maximum atomic E-state index is 12.8. The van der Waals surface area contributed by atoms with Gasteiger partial charge in [-0.15, -0.1) is 0 Å². The first-order valence-corrected chi connectivity index (χ1v) is 9.44. The number of fused-ring (bicyclic) bond motifs is 1. The molecule has 2 amide bonds. The SMILES string of the molecule is CC(C)(C(=O)Nc1cccc2cccnc12)C(=O)NC1CCCCCC1. The fourth-order valence-electron chi connectivity index (χ4n) is 3.38. The Bertz CT molecular complexity index is 787. The molecule has 5 nitrogen and oxygen atoms in total. The molecule has 0 bridgehead atoms. The van der Waals surface area contributed by atoms with Gasteiger partial charge in [0.15, 0.2) is 0 Å². The van der Waals surface area contributed by atoms with Crippen molar-refractivity contribution in [3.8, 4) is 0 Å². The summed E-state index contributed by atoms with van der Waals surface area (Å²) in [4.78, 5) is 29.9. The average molecular weight is 353 g/mol. The number of hydrogen-bond donors (Lipinski definition) is 2. The first kappa shape index (κ1) is 18.4. The van der Waals surface area contributed by atoms with Crippen LogP contribution in [0, 0.1) is 5.41 Å². The Morgan fingerprint density at radius 2 is 1.69 bits per heavy atom. The summed E-state index contributed by atoms with van der Waals surface area (Å²) in [5.41, 5.74) is 0.204. The highest BCUT2D eigenvalue weighted by molar-refractivity contribution is 6.12. The number of carbonyl (C=O) groups is 2. The zero-order valence-electron chi connectivity index (χ0n) is 15.5. The molecule has 26 heavy (non-hydrogen) atoms. The Morgan fingerprint density at radius 1 is 1.00 bits per heavy atom. The number of rotatable bonds is 4. The Hall–Kier alpha value is -2.43. The van der Waals surface area contributed by atoms with E-state index in [1.165, 1.54) is 12.8 Å². The largest absolute Gasteiger partial charge is 0.352 e. The van der Waals surface area contributed by atoms with Crippen molar-refractivity contribution in [1.82, 2.24) is 10.3 Å². The number of amides is 2. The quantitative estimate of drug-likeness (QED) is 0.644. The molecule has 1 aromatic heterocycles. The van der Waals surface area contributed by atoms with Crippen molar-refractivity contribution in [2.24, 2.45) is 5.41 Å². The summed E-state index contributed by atoms with van der Waals surface area (Å²) in [6, 6.07) is 9.61. The normalized spacial score (nSPS) is 16.1. The molecule has 2 aromatic rings. The van der Waals surface area contributed by atoms with Crippen LogP contribution in [0.15, 0.2) is 36.5 Å². The molecular weight excluding hydrogens is 326 g/mol. The Morgan fingerprint density at radius 3 is 2.42 bits per heavy atom. The van der Waals surface area contributed by atoms with Gasteiger partial charge in [0, 0.05) is 17.6 Å². The number of pyridine rings is 1. The second-order valence-corrected chi connectivity index (χ2v) is 7.62. The lowest BCUT2D eigenvalue weighted by Crippen LogP contribution is -2.48. The van der Waals surface area contributed by atoms with Crippen LogP contribution in [0.1, 0.15) is 52.4 Å². The second kappa shape index (κ2) is 7.85. The van der Waals surface area contributed by atoms with E-state index in [0.717, 1.165) is 36.6 Å². The topological polar surface area (TPSA) is 71.1 Å². The molecular formula is C21H27N3O2. The first-order valence-electron chi connectivity index (χ1n) is 9.44. The van der Waals surface area contributed by atoms with E-state index in [2.05, 4.69) is 15.6 Å². The maximum absolute atomic E-state index is 12.8. The number of carbonyl (C=O) groups excluding carboxylic acids is 2. The van der Waals surface area contributed by atoms with Gasteiger partial charge in [-0.2, -0.15) is 0 Å². The number of nitrogens with one attached hydrogen (secondary N) is 2. The van der Waals surface area contributed by atoms with Crippen LogP contribution in [0.2, 0.25) is 0 Å². The fraction of sp³-hybridized carbons (Fsp3) is 0.476. The third kappa shape index (κ3) is 4.03. The third-order valence-electron chi connectivity index (χ3n) is 5.21. The summed E-state index contributed by atoms with van der Waals surface area (Å²) >= 11 is 0. The van der Waals surface area contributed by atoms with E-state index in [1.54, 1.807) is 20.0 Å². The predicted octanol–water partition coefficient (Wildman–Crippen LogP) is 4.04. The number of para-hydroxylation sites is 1. The van der Waals surface area contributed by atoms with E-state index in [0.29, 0.717) is 5.69 Å². The van der Waals surface area contributed by atoms with Gasteiger partial charge >= 0.3 is 0 Å². The van der Waals surface area contributed by atoms with Crippen LogP contribution in [-0.4, -0.2) is 22.8 Å². The molecule has 1 heterocycles. The van der Waals surface area contributed by atoms with Crippen molar-refractivity contribution < 1.29 is 9.59 Å². The number of benzene rings is 1. The van der Waals surface area contributed by atoms with E-state index < -0.39 is 5.41 Å². The fourth-order valence-corrected chi connectivity index (χ4v) is 3.38. The Labute approximate surface area is 154 Å². The maximum Gasteiger partial charge on any atom is 0.239 e. The molecule has 0 spiro atoms. The standard InChI is InChI=1S/C21H27N3O2/c1-21(2,19(25)23-16-11-5-3-4-6-12-16)20(26)24-17-13-7-9-15-10-8-14-22-18(15)17/h7-10,13-14,16H,3-6,11-12H2,1-2H3,(H,23,25)(H,24,26). The van der Waals surface area contributed by atoms with Gasteiger partial charge in [-0.05, 0) is 38.8 Å². The molecule has 1 aromatic carbocycles. The van der Waals surface area contributed by atoms with Crippen molar-refractivity contribution in [1.29, 1.82) is 0 Å². The smallest absolute Gasteiger partial charge is 0.239 e. The van der Waals surface area contributed by atoms with E-state index in [1.807, 2.05) is 30.3 Å². The minimum absolute atomic E-state index is 0.177. The minimum atomic E-state index is -1.15. The average Bonchev–Trinajstić information content (AvgIpc) is 2.90. The van der Waals surface area contributed by atoms with Gasteiger partial charge in [0.25, 0.3) is 0 Å². The van der Waals surface area contributed by atoms with Crippen LogP contribution in [0.3, 0.4) is 0 Å². The molecule has 138 valence electrons. The molecule has 3 rings (SSSR count). The molecule has 2 N–H and O–H groups in total. The molecule has 0 unspecified atom stereocenters. The van der Waals surface area contributed by atoms with Crippen molar-refractivity contribution >= 4 is 28.4 Å². The number of nitrogens with zero attached hydrogens (tertiary/aromatic N) is 1.